The van der Waals surface area contributed by atoms with E-state index >= 15 is 0 Å². The molecular weight excluding hydrogens is 290 g/mol. The van der Waals surface area contributed by atoms with Gasteiger partial charge in [-0.15, -0.1) is 12.4 Å². The van der Waals surface area contributed by atoms with Crippen molar-refractivity contribution in [3.05, 3.63) is 71.3 Å². The molecule has 3 aliphatic rings. The first-order chi connectivity index (χ1) is 10.3. The van der Waals surface area contributed by atoms with Crippen LogP contribution in [0.15, 0.2) is 54.6 Å². The summed E-state index contributed by atoms with van der Waals surface area (Å²) in [5, 5.41) is 0. The van der Waals surface area contributed by atoms with Crippen LogP contribution in [0.25, 0.3) is 0 Å². The molecule has 1 saturated carbocycles. The van der Waals surface area contributed by atoms with Gasteiger partial charge in [-0.3, -0.25) is 4.90 Å². The molecule has 0 aromatic heterocycles. The summed E-state index contributed by atoms with van der Waals surface area (Å²) in [6.07, 6.45) is 2.78. The van der Waals surface area contributed by atoms with Crippen molar-refractivity contribution in [2.24, 2.45) is 5.92 Å². The van der Waals surface area contributed by atoms with Crippen LogP contribution in [0.1, 0.15) is 29.5 Å². The smallest absolute Gasteiger partial charge is 0.0236 e. The highest BCUT2D eigenvalue weighted by atomic mass is 35.5. The van der Waals surface area contributed by atoms with Crippen molar-refractivity contribution in [2.45, 2.75) is 31.7 Å². The molecule has 22 heavy (non-hydrogen) atoms. The molecule has 0 radical (unpaired) electrons. The maximum absolute atomic E-state index is 2.67. The van der Waals surface area contributed by atoms with E-state index in [1.807, 2.05) is 0 Å². The number of halogens is 1. The molecule has 2 aliphatic heterocycles. The van der Waals surface area contributed by atoms with Gasteiger partial charge in [-0.05, 0) is 42.4 Å². The molecule has 2 bridgehead atoms. The largest absolute Gasteiger partial charge is 0.298 e. The Morgan fingerprint density at radius 2 is 1.68 bits per heavy atom. The molecule has 0 spiro atoms. The number of nitrogens with zero attached hydrogens (tertiary/aromatic N) is 1. The van der Waals surface area contributed by atoms with Gasteiger partial charge < -0.3 is 0 Å². The number of hydrogen-bond donors (Lipinski definition) is 0. The monoisotopic (exact) mass is 313 g/mol. The maximum Gasteiger partial charge on any atom is 0.0236 e. The van der Waals surface area contributed by atoms with E-state index < -0.39 is 0 Å². The summed E-state index contributed by atoms with van der Waals surface area (Å²) in [5.41, 5.74) is 4.90. The van der Waals surface area contributed by atoms with Gasteiger partial charge >= 0.3 is 0 Å². The Hall–Kier alpha value is -1.31. The van der Waals surface area contributed by atoms with Gasteiger partial charge in [0.15, 0.2) is 0 Å². The first-order valence-electron chi connectivity index (χ1n) is 8.08. The Kier molecular flexibility index (Phi) is 4.29. The second kappa shape index (κ2) is 6.06. The Morgan fingerprint density at radius 1 is 1.00 bits per heavy atom. The highest BCUT2D eigenvalue weighted by molar-refractivity contribution is 5.85. The molecule has 5 rings (SSSR count). The van der Waals surface area contributed by atoms with Gasteiger partial charge in [-0.2, -0.15) is 0 Å². The van der Waals surface area contributed by atoms with Gasteiger partial charge in [0.05, 0.1) is 0 Å². The van der Waals surface area contributed by atoms with Gasteiger partial charge in [-0.25, -0.2) is 0 Å². The zero-order chi connectivity index (χ0) is 14.3. The number of benzene rings is 2. The molecule has 2 saturated heterocycles. The standard InChI is InChI=1S/C20H23N.ClH/c1-16-7-5-6-8-18(16)14-21-13-17-11-20(12-17,15-21)19-9-3-2-4-10-19;/h2-10,17H,11-15H2,1H3;1H. The van der Waals surface area contributed by atoms with Crippen molar-refractivity contribution in [1.29, 1.82) is 0 Å². The minimum absolute atomic E-state index is 0. The van der Waals surface area contributed by atoms with Crippen LogP contribution >= 0.6 is 12.4 Å². The molecular formula is C20H24ClN. The number of hydrogen-bond acceptors (Lipinski definition) is 1. The lowest BCUT2D eigenvalue weighted by Gasteiger charge is -2.57. The number of piperidine rings is 2. The van der Waals surface area contributed by atoms with Crippen molar-refractivity contribution in [2.75, 3.05) is 13.1 Å². The summed E-state index contributed by atoms with van der Waals surface area (Å²) in [5.74, 6) is 0.906. The summed E-state index contributed by atoms with van der Waals surface area (Å²) in [6, 6.07) is 20.0. The first-order valence-corrected chi connectivity index (χ1v) is 8.08. The quantitative estimate of drug-likeness (QED) is 0.801. The Morgan fingerprint density at radius 3 is 2.41 bits per heavy atom. The van der Waals surface area contributed by atoms with Gasteiger partial charge in [0.25, 0.3) is 0 Å². The molecule has 1 nitrogen and oxygen atoms in total. The summed E-state index contributed by atoms with van der Waals surface area (Å²) in [6.45, 7) is 5.84. The van der Waals surface area contributed by atoms with E-state index in [1.165, 1.54) is 37.1 Å². The molecule has 0 N–H and O–H groups in total. The van der Waals surface area contributed by atoms with Crippen molar-refractivity contribution in [1.82, 2.24) is 4.90 Å². The predicted octanol–water partition coefficient (Wildman–Crippen LogP) is 4.58. The van der Waals surface area contributed by atoms with Crippen LogP contribution in [-0.2, 0) is 12.0 Å². The topological polar surface area (TPSA) is 3.24 Å². The lowest BCUT2D eigenvalue weighted by Crippen LogP contribution is -2.58. The van der Waals surface area contributed by atoms with E-state index in [1.54, 1.807) is 5.56 Å². The van der Waals surface area contributed by atoms with Crippen molar-refractivity contribution < 1.29 is 0 Å². The molecule has 1 aliphatic carbocycles. The Bertz CT molecular complexity index is 631. The first kappa shape index (κ1) is 15.6. The Balaban J connectivity index is 0.00000144. The van der Waals surface area contributed by atoms with Crippen LogP contribution in [0.3, 0.4) is 0 Å². The van der Waals surface area contributed by atoms with Crippen LogP contribution in [0.5, 0.6) is 0 Å². The van der Waals surface area contributed by atoms with Crippen molar-refractivity contribution in [3.8, 4) is 0 Å². The molecule has 0 amide bonds. The van der Waals surface area contributed by atoms with E-state index in [0.29, 0.717) is 5.41 Å². The normalized spacial score (nSPS) is 26.9. The SMILES string of the molecule is Cc1ccccc1CN1CC2CC(c3ccccc3)(C2)C1.Cl. The van der Waals surface area contributed by atoms with Crippen LogP contribution in [0.2, 0.25) is 0 Å². The lowest BCUT2D eigenvalue weighted by atomic mass is 9.56. The Labute approximate surface area is 139 Å². The van der Waals surface area contributed by atoms with Gasteiger partial charge in [0.1, 0.15) is 0 Å². The second-order valence-electron chi connectivity index (χ2n) is 7.02. The van der Waals surface area contributed by atoms with E-state index in [-0.39, 0.29) is 12.4 Å². The van der Waals surface area contributed by atoms with E-state index in [2.05, 4.69) is 66.4 Å². The van der Waals surface area contributed by atoms with Crippen molar-refractivity contribution in [3.63, 3.8) is 0 Å². The third-order valence-corrected chi connectivity index (χ3v) is 5.44. The number of rotatable bonds is 3. The molecule has 2 aromatic rings. The number of aryl methyl sites for hydroxylation is 1. The predicted molar refractivity (Wildman–Crippen MR) is 94.5 cm³/mol. The van der Waals surface area contributed by atoms with Gasteiger partial charge in [-0.1, -0.05) is 54.6 Å². The highest BCUT2D eigenvalue weighted by Gasteiger charge is 2.50. The fourth-order valence-electron chi connectivity index (χ4n) is 4.43. The minimum atomic E-state index is 0. The summed E-state index contributed by atoms with van der Waals surface area (Å²) in [7, 11) is 0. The van der Waals surface area contributed by atoms with Gasteiger partial charge in [0.2, 0.25) is 0 Å². The third kappa shape index (κ3) is 2.68. The van der Waals surface area contributed by atoms with Crippen LogP contribution in [0.4, 0.5) is 0 Å². The molecule has 0 unspecified atom stereocenters. The van der Waals surface area contributed by atoms with Crippen LogP contribution < -0.4 is 0 Å². The van der Waals surface area contributed by atoms with Crippen LogP contribution in [-0.4, -0.2) is 18.0 Å². The van der Waals surface area contributed by atoms with Gasteiger partial charge in [0, 0.05) is 25.0 Å². The zero-order valence-electron chi connectivity index (χ0n) is 13.2. The summed E-state index contributed by atoms with van der Waals surface area (Å²) in [4.78, 5) is 2.67. The molecule has 2 heterocycles. The summed E-state index contributed by atoms with van der Waals surface area (Å²) >= 11 is 0. The van der Waals surface area contributed by atoms with E-state index in [0.717, 1.165) is 12.5 Å². The third-order valence-electron chi connectivity index (χ3n) is 5.44. The minimum Gasteiger partial charge on any atom is -0.298 e. The zero-order valence-corrected chi connectivity index (χ0v) is 14.0. The maximum atomic E-state index is 2.67. The molecule has 0 atom stereocenters. The number of fused-ring (bicyclic) bond motifs is 2. The summed E-state index contributed by atoms with van der Waals surface area (Å²) < 4.78 is 0. The molecule has 3 fully saturated rings. The second-order valence-corrected chi connectivity index (χ2v) is 7.02. The van der Waals surface area contributed by atoms with Crippen LogP contribution in [0, 0.1) is 12.8 Å². The highest BCUT2D eigenvalue weighted by Crippen LogP contribution is 2.52. The van der Waals surface area contributed by atoms with Crippen molar-refractivity contribution >= 4 is 12.4 Å². The molecule has 116 valence electrons. The molecule has 2 aromatic carbocycles. The molecule has 2 heteroatoms. The average molecular weight is 314 g/mol. The van der Waals surface area contributed by atoms with E-state index in [9.17, 15) is 0 Å². The fraction of sp³-hybridized carbons (Fsp3) is 0.400. The van der Waals surface area contributed by atoms with E-state index in [4.69, 9.17) is 0 Å². The fourth-order valence-corrected chi connectivity index (χ4v) is 4.43. The average Bonchev–Trinajstić information content (AvgIpc) is 2.50. The lowest BCUT2D eigenvalue weighted by molar-refractivity contribution is -0.00809.